The van der Waals surface area contributed by atoms with E-state index in [1.54, 1.807) is 0 Å². The lowest BCUT2D eigenvalue weighted by molar-refractivity contribution is -0.0418. The van der Waals surface area contributed by atoms with Gasteiger partial charge in [-0.3, -0.25) is 0 Å². The lowest BCUT2D eigenvalue weighted by Gasteiger charge is -2.62. The van der Waals surface area contributed by atoms with Crippen molar-refractivity contribution in [2.75, 3.05) is 13.3 Å². The summed E-state index contributed by atoms with van der Waals surface area (Å²) in [5.41, 5.74) is 15.0. The second kappa shape index (κ2) is 18.7. The largest absolute Gasteiger partial charge is 0.319 e. The van der Waals surface area contributed by atoms with Crippen LogP contribution in [0.2, 0.25) is 0 Å². The number of fused-ring (bicyclic) bond motifs is 2. The predicted molar refractivity (Wildman–Crippen MR) is 316 cm³/mol. The van der Waals surface area contributed by atoms with Crippen molar-refractivity contribution in [2.24, 2.45) is 23.7 Å². The normalized spacial score (nSPS) is 19.8. The third kappa shape index (κ3) is 7.96. The van der Waals surface area contributed by atoms with Gasteiger partial charge in [-0.1, -0.05) is 231 Å². The van der Waals surface area contributed by atoms with Gasteiger partial charge in [0.1, 0.15) is 7.14 Å². The van der Waals surface area contributed by atoms with Gasteiger partial charge in [0.05, 0.1) is 0 Å². The molecular formula is C71H58N3OP. The van der Waals surface area contributed by atoms with E-state index in [9.17, 15) is 4.57 Å². The zero-order chi connectivity index (χ0) is 51.0. The van der Waals surface area contributed by atoms with Gasteiger partial charge >= 0.3 is 0 Å². The van der Waals surface area contributed by atoms with Crippen LogP contribution in [-0.2, 0) is 9.98 Å². The van der Waals surface area contributed by atoms with E-state index in [0.717, 1.165) is 56.1 Å². The van der Waals surface area contributed by atoms with E-state index in [0.29, 0.717) is 29.3 Å². The third-order valence-electron chi connectivity index (χ3n) is 17.5. The second-order valence-corrected chi connectivity index (χ2v) is 25.4. The highest BCUT2D eigenvalue weighted by Crippen LogP contribution is 2.65. The first kappa shape index (κ1) is 46.5. The molecule has 4 bridgehead atoms. The first-order chi connectivity index (χ1) is 37.3. The van der Waals surface area contributed by atoms with Gasteiger partial charge in [-0.25, -0.2) is 15.0 Å². The summed E-state index contributed by atoms with van der Waals surface area (Å²) < 4.78 is 13.0. The van der Waals surface area contributed by atoms with E-state index in [2.05, 4.69) is 231 Å². The highest BCUT2D eigenvalue weighted by Gasteiger charge is 2.58. The molecule has 5 heteroatoms. The molecule has 0 amide bonds. The minimum atomic E-state index is -2.38. The Balaban J connectivity index is 0.874. The molecule has 368 valence electrons. The van der Waals surface area contributed by atoms with Gasteiger partial charge in [0, 0.05) is 27.4 Å². The smallest absolute Gasteiger partial charge is 0.164 e. The quantitative estimate of drug-likeness (QED) is 0.101. The van der Waals surface area contributed by atoms with E-state index in [-0.39, 0.29) is 5.41 Å². The van der Waals surface area contributed by atoms with E-state index >= 15 is 0 Å². The molecule has 0 spiro atoms. The van der Waals surface area contributed by atoms with Crippen LogP contribution in [0.3, 0.4) is 0 Å². The highest BCUT2D eigenvalue weighted by atomic mass is 31.2. The van der Waals surface area contributed by atoms with Gasteiger partial charge in [0.25, 0.3) is 0 Å². The maximum absolute atomic E-state index is 13.0. The fraction of sp³-hybridized carbons (Fsp3) is 0.169. The molecule has 10 aromatic carbocycles. The second-order valence-electron chi connectivity index (χ2n) is 22.2. The fourth-order valence-corrected chi connectivity index (χ4v) is 15.2. The van der Waals surface area contributed by atoms with E-state index < -0.39 is 7.14 Å². The van der Waals surface area contributed by atoms with Crippen molar-refractivity contribution in [3.8, 4) is 78.7 Å². The standard InChI is InChI=1S/C71H58N3OP/c1-76(2,75)59-39-33-52(34-40-59)67-63-22-12-10-20-61(63)66(62-21-11-13-23-64(62)67)51-29-35-55(36-30-51)71(57-42-46-41-47(44-57)45-58(71)43-46)56-37-31-54(32-38-56)69-72-68(53-27-25-49(26-28-53)48-15-5-3-6-16-48)73-70(74-69)65-24-14-9-19-60(65)50-17-7-4-8-18-50/h3-40,46-47,57-58H,41-45H2,1-2H3. The molecular weight excluding hydrogens is 942 g/mol. The molecule has 1 heterocycles. The van der Waals surface area contributed by atoms with Crippen LogP contribution in [0.5, 0.6) is 0 Å². The molecule has 0 atom stereocenters. The zero-order valence-corrected chi connectivity index (χ0v) is 43.9. The van der Waals surface area contributed by atoms with Crippen LogP contribution in [0.25, 0.3) is 100 Å². The van der Waals surface area contributed by atoms with Crippen LogP contribution in [0, 0.1) is 23.7 Å². The minimum absolute atomic E-state index is 0.101. The van der Waals surface area contributed by atoms with Crippen LogP contribution in [0.15, 0.2) is 231 Å². The Kier molecular flexibility index (Phi) is 11.4. The van der Waals surface area contributed by atoms with Crippen molar-refractivity contribution in [2.45, 2.75) is 37.5 Å². The molecule has 1 aromatic heterocycles. The number of rotatable bonds is 10. The fourth-order valence-electron chi connectivity index (χ4n) is 14.3. The topological polar surface area (TPSA) is 55.7 Å². The molecule has 0 N–H and O–H groups in total. The Morgan fingerprint density at radius 1 is 0.342 bits per heavy atom. The van der Waals surface area contributed by atoms with Gasteiger partial charge in [-0.15, -0.1) is 0 Å². The Hall–Kier alpha value is -8.04. The Labute approximate surface area is 446 Å². The maximum atomic E-state index is 13.0. The van der Waals surface area contributed by atoms with Crippen LogP contribution in [0.4, 0.5) is 0 Å². The number of aromatic nitrogens is 3. The van der Waals surface area contributed by atoms with Crippen molar-refractivity contribution >= 4 is 34.0 Å². The first-order valence-corrected chi connectivity index (χ1v) is 29.7. The Morgan fingerprint density at radius 2 is 0.697 bits per heavy atom. The summed E-state index contributed by atoms with van der Waals surface area (Å²) in [7, 11) is -2.38. The third-order valence-corrected chi connectivity index (χ3v) is 19.1. The average Bonchev–Trinajstić information content (AvgIpc) is 3.64. The summed E-state index contributed by atoms with van der Waals surface area (Å²) in [4.78, 5) is 15.8. The molecule has 4 aliphatic rings. The highest BCUT2D eigenvalue weighted by molar-refractivity contribution is 7.70. The van der Waals surface area contributed by atoms with E-state index in [1.807, 2.05) is 13.3 Å². The molecule has 11 aromatic rings. The van der Waals surface area contributed by atoms with Crippen LogP contribution >= 0.6 is 7.14 Å². The minimum Gasteiger partial charge on any atom is -0.319 e. The van der Waals surface area contributed by atoms with E-state index in [1.165, 1.54) is 87.0 Å². The van der Waals surface area contributed by atoms with Gasteiger partial charge in [0.2, 0.25) is 0 Å². The summed E-state index contributed by atoms with van der Waals surface area (Å²) >= 11 is 0. The number of nitrogens with zero attached hydrogens (tertiary/aromatic N) is 3. The molecule has 0 radical (unpaired) electrons. The zero-order valence-electron chi connectivity index (χ0n) is 43.0. The molecule has 4 nitrogen and oxygen atoms in total. The van der Waals surface area contributed by atoms with Gasteiger partial charge < -0.3 is 4.57 Å². The number of benzene rings is 10. The van der Waals surface area contributed by atoms with Crippen LogP contribution in [-0.4, -0.2) is 28.3 Å². The molecule has 0 unspecified atom stereocenters. The van der Waals surface area contributed by atoms with Crippen LogP contribution < -0.4 is 5.30 Å². The molecule has 0 aliphatic heterocycles. The van der Waals surface area contributed by atoms with Crippen molar-refractivity contribution in [3.05, 3.63) is 242 Å². The summed E-state index contributed by atoms with van der Waals surface area (Å²) in [5.74, 6) is 4.76. The summed E-state index contributed by atoms with van der Waals surface area (Å²) in [5, 5.41) is 5.83. The molecule has 0 saturated heterocycles. The van der Waals surface area contributed by atoms with Crippen molar-refractivity contribution in [1.29, 1.82) is 0 Å². The molecule has 76 heavy (non-hydrogen) atoms. The number of hydrogen-bond donors (Lipinski definition) is 0. The van der Waals surface area contributed by atoms with Crippen molar-refractivity contribution in [3.63, 3.8) is 0 Å². The SMILES string of the molecule is CP(C)(=O)c1ccc(-c2c3ccccc3c(-c3ccc(C4(c5ccc(-c6nc(-c7ccc(-c8ccccc8)cc7)nc(-c7ccccc7-c7ccccc7)n6)cc5)C5CC6CC(C5)CC4C6)cc3)c3ccccc23)cc1. The lowest BCUT2D eigenvalue weighted by atomic mass is 9.42. The summed E-state index contributed by atoms with van der Waals surface area (Å²) in [6, 6.07) is 83.6. The number of hydrogen-bond acceptors (Lipinski definition) is 4. The molecule has 4 saturated carbocycles. The first-order valence-electron chi connectivity index (χ1n) is 27.1. The maximum Gasteiger partial charge on any atom is 0.164 e. The average molecular weight is 1000 g/mol. The summed E-state index contributed by atoms with van der Waals surface area (Å²) in [6.07, 6.45) is 6.53. The van der Waals surface area contributed by atoms with Gasteiger partial charge in [-0.05, 0) is 146 Å². The molecule has 4 fully saturated rings. The van der Waals surface area contributed by atoms with Crippen LogP contribution in [0.1, 0.15) is 43.2 Å². The monoisotopic (exact) mass is 999 g/mol. The lowest BCUT2D eigenvalue weighted by Crippen LogP contribution is -2.56. The van der Waals surface area contributed by atoms with E-state index in [4.69, 9.17) is 15.0 Å². The summed E-state index contributed by atoms with van der Waals surface area (Å²) in [6.45, 7) is 3.69. The Bertz CT molecular complexity index is 3930. The van der Waals surface area contributed by atoms with Crippen molar-refractivity contribution < 1.29 is 4.57 Å². The van der Waals surface area contributed by atoms with Crippen molar-refractivity contribution in [1.82, 2.24) is 15.0 Å². The predicted octanol–water partition coefficient (Wildman–Crippen LogP) is 17.8. The molecule has 15 rings (SSSR count). The van der Waals surface area contributed by atoms with Gasteiger partial charge in [0.15, 0.2) is 17.5 Å². The van der Waals surface area contributed by atoms with Gasteiger partial charge in [-0.2, -0.15) is 0 Å². The molecule has 4 aliphatic carbocycles. The Morgan fingerprint density at radius 3 is 1.17 bits per heavy atom.